The summed E-state index contributed by atoms with van der Waals surface area (Å²) in [6.07, 6.45) is 0. The molecule has 0 aliphatic heterocycles. The molecule has 0 aromatic heterocycles. The quantitative estimate of drug-likeness (QED) is 0.179. The summed E-state index contributed by atoms with van der Waals surface area (Å²) in [5, 5.41) is 7.86. The van der Waals surface area contributed by atoms with Crippen LogP contribution in [0.5, 0.6) is 0 Å². The first-order chi connectivity index (χ1) is 20.9. The minimum absolute atomic E-state index is 1.31. The molecule has 0 radical (unpaired) electrons. The van der Waals surface area contributed by atoms with Crippen molar-refractivity contribution in [3.8, 4) is 0 Å². The Morgan fingerprint density at radius 1 is 0.119 bits per heavy atom. The lowest BCUT2D eigenvalue weighted by Gasteiger charge is -1.92. The van der Waals surface area contributed by atoms with Crippen molar-refractivity contribution in [1.29, 1.82) is 0 Å². The summed E-state index contributed by atoms with van der Waals surface area (Å²) < 4.78 is 0. The lowest BCUT2D eigenvalue weighted by atomic mass is 10.1. The Morgan fingerprint density at radius 3 is 0.310 bits per heavy atom. The molecule has 0 saturated carbocycles. The molecule has 0 nitrogen and oxygen atoms in total. The van der Waals surface area contributed by atoms with Crippen LogP contribution in [0.15, 0.2) is 218 Å². The molecular formula is C42H36. The van der Waals surface area contributed by atoms with Crippen molar-refractivity contribution >= 4 is 32.3 Å². The number of fused-ring (bicyclic) bond motifs is 3. The van der Waals surface area contributed by atoms with Gasteiger partial charge in [0.25, 0.3) is 0 Å². The molecule has 0 fully saturated rings. The van der Waals surface area contributed by atoms with Gasteiger partial charge in [-0.15, -0.1) is 0 Å². The minimum Gasteiger partial charge on any atom is -0.0623 e. The zero-order valence-electron chi connectivity index (χ0n) is 23.8. The van der Waals surface area contributed by atoms with E-state index in [2.05, 4.69) is 146 Å². The largest absolute Gasteiger partial charge is 0.0623 e. The van der Waals surface area contributed by atoms with Crippen molar-refractivity contribution in [2.24, 2.45) is 0 Å². The molecule has 0 spiro atoms. The van der Waals surface area contributed by atoms with Crippen LogP contribution in [-0.4, -0.2) is 0 Å². The van der Waals surface area contributed by atoms with Crippen molar-refractivity contribution in [3.63, 3.8) is 0 Å². The van der Waals surface area contributed by atoms with Crippen LogP contribution in [0.3, 0.4) is 0 Å². The molecule has 0 heteroatoms. The summed E-state index contributed by atoms with van der Waals surface area (Å²) >= 11 is 0. The number of hydrogen-bond acceptors (Lipinski definition) is 0. The predicted octanol–water partition coefficient (Wildman–Crippen LogP) is 11.9. The summed E-state index contributed by atoms with van der Waals surface area (Å²) in [5.74, 6) is 0. The van der Waals surface area contributed by atoms with E-state index in [1.807, 2.05) is 72.8 Å². The SMILES string of the molecule is c1ccc2ccccc2c1.c1ccc2ccccc2c1.c1ccc2ccccc2c1.c1ccccc1.c1ccccc1. The van der Waals surface area contributed by atoms with Crippen LogP contribution >= 0.6 is 0 Å². The molecule has 0 unspecified atom stereocenters. The van der Waals surface area contributed by atoms with Gasteiger partial charge in [0.05, 0.1) is 0 Å². The van der Waals surface area contributed by atoms with E-state index >= 15 is 0 Å². The van der Waals surface area contributed by atoms with E-state index < -0.39 is 0 Å². The average molecular weight is 541 g/mol. The van der Waals surface area contributed by atoms with Crippen molar-refractivity contribution in [2.75, 3.05) is 0 Å². The maximum Gasteiger partial charge on any atom is -0.0184 e. The molecule has 204 valence electrons. The first kappa shape index (κ1) is 29.5. The second kappa shape index (κ2) is 18.0. The van der Waals surface area contributed by atoms with Crippen LogP contribution in [0, 0.1) is 0 Å². The van der Waals surface area contributed by atoms with Crippen molar-refractivity contribution < 1.29 is 0 Å². The van der Waals surface area contributed by atoms with Gasteiger partial charge in [-0.05, 0) is 32.3 Å². The molecule has 0 bridgehead atoms. The van der Waals surface area contributed by atoms with Crippen LogP contribution in [0.1, 0.15) is 0 Å². The standard InChI is InChI=1S/3C10H8.2C6H6/c3*1-2-6-10-8-4-3-7-9(10)5-1;2*1-2-4-6-5-3-1/h3*1-8H;2*1-6H. The van der Waals surface area contributed by atoms with Gasteiger partial charge in [0.2, 0.25) is 0 Å². The molecule has 0 N–H and O–H groups in total. The number of benzene rings is 8. The Kier molecular flexibility index (Phi) is 12.6. The van der Waals surface area contributed by atoms with Crippen LogP contribution in [0.25, 0.3) is 32.3 Å². The topological polar surface area (TPSA) is 0 Å². The van der Waals surface area contributed by atoms with Crippen LogP contribution < -0.4 is 0 Å². The summed E-state index contributed by atoms with van der Waals surface area (Å²) in [5.41, 5.74) is 0. The third kappa shape index (κ3) is 10.6. The lowest BCUT2D eigenvalue weighted by Crippen LogP contribution is -1.67. The number of hydrogen-bond donors (Lipinski definition) is 0. The van der Waals surface area contributed by atoms with Gasteiger partial charge in [-0.2, -0.15) is 0 Å². The zero-order valence-corrected chi connectivity index (χ0v) is 23.8. The minimum atomic E-state index is 1.31. The molecule has 8 rings (SSSR count). The molecule has 0 aliphatic rings. The van der Waals surface area contributed by atoms with E-state index in [1.165, 1.54) is 32.3 Å². The molecule has 8 aromatic rings. The fourth-order valence-corrected chi connectivity index (χ4v) is 4.17. The Morgan fingerprint density at radius 2 is 0.214 bits per heavy atom. The van der Waals surface area contributed by atoms with E-state index in [4.69, 9.17) is 0 Å². The van der Waals surface area contributed by atoms with Gasteiger partial charge in [0.1, 0.15) is 0 Å². The van der Waals surface area contributed by atoms with Crippen LogP contribution in [0.4, 0.5) is 0 Å². The molecular weight excluding hydrogens is 504 g/mol. The molecule has 0 saturated heterocycles. The van der Waals surface area contributed by atoms with Crippen LogP contribution in [0.2, 0.25) is 0 Å². The van der Waals surface area contributed by atoms with E-state index in [0.29, 0.717) is 0 Å². The highest BCUT2D eigenvalue weighted by atomic mass is 13.9. The Labute approximate surface area is 250 Å². The molecule has 42 heavy (non-hydrogen) atoms. The third-order valence-corrected chi connectivity index (χ3v) is 6.31. The monoisotopic (exact) mass is 540 g/mol. The fourth-order valence-electron chi connectivity index (χ4n) is 4.17. The summed E-state index contributed by atoms with van der Waals surface area (Å²) in [6.45, 7) is 0. The molecule has 0 heterocycles. The van der Waals surface area contributed by atoms with Crippen LogP contribution in [-0.2, 0) is 0 Å². The predicted molar refractivity (Wildman–Crippen MR) is 185 cm³/mol. The molecule has 0 atom stereocenters. The van der Waals surface area contributed by atoms with Crippen molar-refractivity contribution in [1.82, 2.24) is 0 Å². The molecule has 0 amide bonds. The smallest absolute Gasteiger partial charge is 0.0184 e. The summed E-state index contributed by atoms with van der Waals surface area (Å²) in [6, 6.07) is 74.1. The van der Waals surface area contributed by atoms with E-state index in [0.717, 1.165) is 0 Å². The average Bonchev–Trinajstić information content (AvgIpc) is 3.11. The third-order valence-electron chi connectivity index (χ3n) is 6.31. The first-order valence-corrected chi connectivity index (χ1v) is 14.2. The van der Waals surface area contributed by atoms with Crippen molar-refractivity contribution in [2.45, 2.75) is 0 Å². The van der Waals surface area contributed by atoms with Gasteiger partial charge < -0.3 is 0 Å². The molecule has 0 aliphatic carbocycles. The van der Waals surface area contributed by atoms with Gasteiger partial charge in [-0.3, -0.25) is 0 Å². The Hall–Kier alpha value is -5.46. The highest BCUT2D eigenvalue weighted by molar-refractivity contribution is 5.83. The lowest BCUT2D eigenvalue weighted by molar-refractivity contribution is 1.72. The van der Waals surface area contributed by atoms with Gasteiger partial charge in [0.15, 0.2) is 0 Å². The van der Waals surface area contributed by atoms with Gasteiger partial charge in [-0.1, -0.05) is 218 Å². The fraction of sp³-hybridized carbons (Fsp3) is 0. The Balaban J connectivity index is 0.000000123. The van der Waals surface area contributed by atoms with E-state index in [9.17, 15) is 0 Å². The number of rotatable bonds is 0. The van der Waals surface area contributed by atoms with E-state index in [1.54, 1.807) is 0 Å². The normalized spacial score (nSPS) is 9.43. The van der Waals surface area contributed by atoms with Gasteiger partial charge in [-0.25, -0.2) is 0 Å². The second-order valence-corrected chi connectivity index (χ2v) is 9.35. The zero-order chi connectivity index (χ0) is 28.9. The van der Waals surface area contributed by atoms with E-state index in [-0.39, 0.29) is 0 Å². The second-order valence-electron chi connectivity index (χ2n) is 9.35. The summed E-state index contributed by atoms with van der Waals surface area (Å²) in [7, 11) is 0. The van der Waals surface area contributed by atoms with Gasteiger partial charge in [0, 0.05) is 0 Å². The maximum atomic E-state index is 2.12. The molecule has 8 aromatic carbocycles. The Bertz CT molecular complexity index is 1370. The van der Waals surface area contributed by atoms with Crippen molar-refractivity contribution in [3.05, 3.63) is 218 Å². The highest BCUT2D eigenvalue weighted by Gasteiger charge is 1.87. The van der Waals surface area contributed by atoms with Gasteiger partial charge >= 0.3 is 0 Å². The maximum absolute atomic E-state index is 2.12. The highest BCUT2D eigenvalue weighted by Crippen LogP contribution is 2.12. The summed E-state index contributed by atoms with van der Waals surface area (Å²) in [4.78, 5) is 0. The first-order valence-electron chi connectivity index (χ1n) is 14.2.